The number of carboxylic acids is 2. The average Bonchev–Trinajstić information content (AvgIpc) is 2.61. The fraction of sp³-hybridized carbons (Fsp3) is 0.550. The van der Waals surface area contributed by atoms with E-state index in [9.17, 15) is 14.4 Å². The molecule has 1 aromatic carbocycles. The van der Waals surface area contributed by atoms with Gasteiger partial charge in [-0.3, -0.25) is 14.4 Å². The molecule has 0 spiro atoms. The van der Waals surface area contributed by atoms with Gasteiger partial charge in [-0.1, -0.05) is 6.92 Å². The second kappa shape index (κ2) is 10.7. The maximum atomic E-state index is 12.9. The van der Waals surface area contributed by atoms with Gasteiger partial charge in [0.2, 0.25) is 0 Å². The first-order chi connectivity index (χ1) is 12.6. The van der Waals surface area contributed by atoms with Crippen LogP contribution < -0.4 is 4.74 Å². The zero-order chi connectivity index (χ0) is 20.4. The molecule has 1 rings (SSSR count). The van der Waals surface area contributed by atoms with Crippen molar-refractivity contribution in [1.29, 1.82) is 0 Å². The maximum absolute atomic E-state index is 12.9. The zero-order valence-corrected chi connectivity index (χ0v) is 16.2. The van der Waals surface area contributed by atoms with E-state index in [0.717, 1.165) is 13.0 Å². The van der Waals surface area contributed by atoms with E-state index < -0.39 is 17.4 Å². The van der Waals surface area contributed by atoms with Gasteiger partial charge in [0.15, 0.2) is 5.78 Å². The number of hydrogen-bond acceptors (Lipinski definition) is 5. The Hall–Kier alpha value is -2.41. The van der Waals surface area contributed by atoms with E-state index in [2.05, 4.69) is 4.90 Å². The van der Waals surface area contributed by atoms with Gasteiger partial charge >= 0.3 is 11.9 Å². The summed E-state index contributed by atoms with van der Waals surface area (Å²) < 4.78 is 5.64. The molecule has 27 heavy (non-hydrogen) atoms. The highest BCUT2D eigenvalue weighted by Crippen LogP contribution is 2.34. The number of ether oxygens (including phenoxy) is 1. The third-order valence-electron chi connectivity index (χ3n) is 4.46. The molecule has 0 amide bonds. The van der Waals surface area contributed by atoms with E-state index in [-0.39, 0.29) is 31.5 Å². The van der Waals surface area contributed by atoms with Crippen LogP contribution in [0.1, 0.15) is 49.4 Å². The largest absolute Gasteiger partial charge is 0.494 e. The number of carboxylic acid groups (broad SMARTS) is 2. The van der Waals surface area contributed by atoms with Gasteiger partial charge in [0, 0.05) is 30.4 Å². The summed E-state index contributed by atoms with van der Waals surface area (Å²) in [5, 5.41) is 17.9. The van der Waals surface area contributed by atoms with E-state index >= 15 is 0 Å². The summed E-state index contributed by atoms with van der Waals surface area (Å²) in [5.41, 5.74) is -0.612. The van der Waals surface area contributed by atoms with Crippen molar-refractivity contribution in [3.8, 4) is 5.75 Å². The Bertz CT molecular complexity index is 620. The summed E-state index contributed by atoms with van der Waals surface area (Å²) in [6, 6.07) is 6.70. The SMILES string of the molecule is CN(C)CCCOc1ccc(C(=O)C(C)(CCC(=O)O)CCC(=O)O)cc1. The Kier molecular flexibility index (Phi) is 8.94. The number of benzene rings is 1. The van der Waals surface area contributed by atoms with Crippen LogP contribution in [0, 0.1) is 5.41 Å². The van der Waals surface area contributed by atoms with Crippen LogP contribution in [0.3, 0.4) is 0 Å². The minimum Gasteiger partial charge on any atom is -0.494 e. The van der Waals surface area contributed by atoms with Crippen molar-refractivity contribution >= 4 is 17.7 Å². The van der Waals surface area contributed by atoms with Gasteiger partial charge in [0.1, 0.15) is 5.75 Å². The summed E-state index contributed by atoms with van der Waals surface area (Å²) >= 11 is 0. The standard InChI is InChI=1S/C20H29NO6/c1-20(11-9-17(22)23,12-10-18(24)25)19(26)15-5-7-16(8-6-15)27-14-4-13-21(2)3/h5-8H,4,9-14H2,1-3H3,(H,22,23)(H,24,25). The number of carbonyl (C=O) groups is 3. The van der Waals surface area contributed by atoms with Crippen LogP contribution in [0.25, 0.3) is 0 Å². The van der Waals surface area contributed by atoms with Gasteiger partial charge in [-0.15, -0.1) is 0 Å². The molecule has 0 radical (unpaired) electrons. The topological polar surface area (TPSA) is 104 Å². The Balaban J connectivity index is 2.78. The number of rotatable bonds is 13. The molecule has 0 heterocycles. The van der Waals surface area contributed by atoms with E-state index in [1.54, 1.807) is 31.2 Å². The smallest absolute Gasteiger partial charge is 0.303 e. The van der Waals surface area contributed by atoms with Crippen LogP contribution in [0.15, 0.2) is 24.3 Å². The van der Waals surface area contributed by atoms with Gasteiger partial charge < -0.3 is 19.8 Å². The lowest BCUT2D eigenvalue weighted by Crippen LogP contribution is -2.29. The molecule has 0 unspecified atom stereocenters. The van der Waals surface area contributed by atoms with Crippen molar-refractivity contribution in [2.24, 2.45) is 5.41 Å². The summed E-state index contributed by atoms with van der Waals surface area (Å²) in [4.78, 5) is 36.8. The van der Waals surface area contributed by atoms with Gasteiger partial charge in [0.05, 0.1) is 6.61 Å². The number of carbonyl (C=O) groups excluding carboxylic acids is 1. The Morgan fingerprint density at radius 1 is 1.00 bits per heavy atom. The first-order valence-electron chi connectivity index (χ1n) is 9.00. The quantitative estimate of drug-likeness (QED) is 0.401. The van der Waals surface area contributed by atoms with Gasteiger partial charge in [0.25, 0.3) is 0 Å². The molecular weight excluding hydrogens is 350 g/mol. The van der Waals surface area contributed by atoms with E-state index in [1.807, 2.05) is 14.1 Å². The highest BCUT2D eigenvalue weighted by atomic mass is 16.5. The monoisotopic (exact) mass is 379 g/mol. The van der Waals surface area contributed by atoms with Crippen LogP contribution >= 0.6 is 0 Å². The first-order valence-corrected chi connectivity index (χ1v) is 9.00. The van der Waals surface area contributed by atoms with Crippen molar-refractivity contribution in [1.82, 2.24) is 4.90 Å². The van der Waals surface area contributed by atoms with Crippen molar-refractivity contribution in [3.63, 3.8) is 0 Å². The lowest BCUT2D eigenvalue weighted by molar-refractivity contribution is -0.137. The highest BCUT2D eigenvalue weighted by molar-refractivity contribution is 6.00. The second-order valence-electron chi connectivity index (χ2n) is 7.21. The predicted octanol–water partition coefficient (Wildman–Crippen LogP) is 2.94. The molecule has 0 saturated carbocycles. The minimum atomic E-state index is -1.04. The third-order valence-corrected chi connectivity index (χ3v) is 4.46. The third kappa shape index (κ3) is 8.21. The molecule has 0 aliphatic heterocycles. The number of hydrogen-bond donors (Lipinski definition) is 2. The molecule has 0 fully saturated rings. The average molecular weight is 379 g/mol. The minimum absolute atomic E-state index is 0.0945. The molecule has 0 saturated heterocycles. The van der Waals surface area contributed by atoms with Gasteiger partial charge in [-0.05, 0) is 57.6 Å². The molecule has 0 aromatic heterocycles. The molecule has 2 N–H and O–H groups in total. The van der Waals surface area contributed by atoms with Crippen molar-refractivity contribution < 1.29 is 29.3 Å². The Morgan fingerprint density at radius 2 is 1.52 bits per heavy atom. The van der Waals surface area contributed by atoms with Crippen LogP contribution in [-0.2, 0) is 9.59 Å². The van der Waals surface area contributed by atoms with Crippen LogP contribution in [-0.4, -0.2) is 60.1 Å². The molecule has 150 valence electrons. The summed E-state index contributed by atoms with van der Waals surface area (Å²) in [6.45, 7) is 3.12. The molecular formula is C20H29NO6. The molecule has 0 aliphatic carbocycles. The Morgan fingerprint density at radius 3 is 1.96 bits per heavy atom. The summed E-state index contributed by atoms with van der Waals surface area (Å²) in [6.07, 6.45) is 0.703. The van der Waals surface area contributed by atoms with Crippen LogP contribution in [0.2, 0.25) is 0 Å². The van der Waals surface area contributed by atoms with Gasteiger partial charge in [-0.2, -0.15) is 0 Å². The molecule has 7 heteroatoms. The Labute approximate surface area is 159 Å². The lowest BCUT2D eigenvalue weighted by Gasteiger charge is -2.27. The lowest BCUT2D eigenvalue weighted by atomic mass is 9.75. The zero-order valence-electron chi connectivity index (χ0n) is 16.2. The summed E-state index contributed by atoms with van der Waals surface area (Å²) in [7, 11) is 3.98. The second-order valence-corrected chi connectivity index (χ2v) is 7.21. The fourth-order valence-electron chi connectivity index (χ4n) is 2.74. The predicted molar refractivity (Wildman–Crippen MR) is 101 cm³/mol. The number of nitrogens with zero attached hydrogens (tertiary/aromatic N) is 1. The van der Waals surface area contributed by atoms with Crippen molar-refractivity contribution in [2.45, 2.75) is 39.0 Å². The van der Waals surface area contributed by atoms with E-state index in [1.165, 1.54) is 0 Å². The first kappa shape index (κ1) is 22.6. The number of ketones is 1. The summed E-state index contributed by atoms with van der Waals surface area (Å²) in [5.74, 6) is -1.61. The van der Waals surface area contributed by atoms with Crippen LogP contribution in [0.4, 0.5) is 0 Å². The molecule has 7 nitrogen and oxygen atoms in total. The molecule has 0 bridgehead atoms. The van der Waals surface area contributed by atoms with Gasteiger partial charge in [-0.25, -0.2) is 0 Å². The normalized spacial score (nSPS) is 11.4. The van der Waals surface area contributed by atoms with Crippen LogP contribution in [0.5, 0.6) is 5.75 Å². The number of Topliss-reactive ketones (excluding diaryl/α,β-unsaturated/α-hetero) is 1. The van der Waals surface area contributed by atoms with Crippen molar-refractivity contribution in [3.05, 3.63) is 29.8 Å². The molecule has 1 aromatic rings. The maximum Gasteiger partial charge on any atom is 0.303 e. The molecule has 0 aliphatic rings. The van der Waals surface area contributed by atoms with Crippen molar-refractivity contribution in [2.75, 3.05) is 27.2 Å². The van der Waals surface area contributed by atoms with E-state index in [4.69, 9.17) is 14.9 Å². The number of aliphatic carboxylic acids is 2. The van der Waals surface area contributed by atoms with E-state index in [0.29, 0.717) is 17.9 Å². The molecule has 0 atom stereocenters. The fourth-order valence-corrected chi connectivity index (χ4v) is 2.74. The highest BCUT2D eigenvalue weighted by Gasteiger charge is 2.34.